The molecule has 0 radical (unpaired) electrons. The number of anilines is 1. The maximum Gasteiger partial charge on any atom is 0.341 e. The number of hydrogen-bond donors (Lipinski definition) is 1. The van der Waals surface area contributed by atoms with Gasteiger partial charge < -0.3 is 19.4 Å². The van der Waals surface area contributed by atoms with Crippen LogP contribution < -0.4 is 10.1 Å². The first kappa shape index (κ1) is 26.5. The molecule has 36 heavy (non-hydrogen) atoms. The Bertz CT molecular complexity index is 1270. The molecular formula is C25H29ClN4O4S2. The number of thioether (sulfide) groups is 1. The van der Waals surface area contributed by atoms with Crippen LogP contribution in [0.3, 0.4) is 0 Å². The van der Waals surface area contributed by atoms with Gasteiger partial charge in [-0.2, -0.15) is 0 Å². The minimum absolute atomic E-state index is 0.117. The molecule has 0 fully saturated rings. The van der Waals surface area contributed by atoms with Gasteiger partial charge in [-0.15, -0.1) is 21.5 Å². The fraction of sp³-hybridized carbons (Fsp3) is 0.440. The van der Waals surface area contributed by atoms with Crippen molar-refractivity contribution < 1.29 is 19.1 Å². The Balaban J connectivity index is 1.51. The topological polar surface area (TPSA) is 95.3 Å². The fourth-order valence-corrected chi connectivity index (χ4v) is 6.44. The summed E-state index contributed by atoms with van der Waals surface area (Å²) in [7, 11) is 1.59. The van der Waals surface area contributed by atoms with Gasteiger partial charge in [0.05, 0.1) is 30.1 Å². The molecule has 1 aliphatic rings. The van der Waals surface area contributed by atoms with Crippen LogP contribution in [0.25, 0.3) is 11.4 Å². The van der Waals surface area contributed by atoms with Crippen molar-refractivity contribution in [3.05, 3.63) is 39.2 Å². The molecule has 1 aromatic carbocycles. The molecule has 192 valence electrons. The van der Waals surface area contributed by atoms with Gasteiger partial charge in [-0.05, 0) is 70.2 Å². The number of methoxy groups -OCH3 is 1. The molecule has 2 heterocycles. The summed E-state index contributed by atoms with van der Waals surface area (Å²) in [4.78, 5) is 27.0. The third-order valence-electron chi connectivity index (χ3n) is 5.74. The number of fused-ring (bicyclic) bond motifs is 1. The summed E-state index contributed by atoms with van der Waals surface area (Å²) in [5, 5.41) is 13.3. The lowest BCUT2D eigenvalue weighted by molar-refractivity contribution is -0.113. The van der Waals surface area contributed by atoms with Crippen LogP contribution in [-0.4, -0.2) is 45.6 Å². The third-order valence-corrected chi connectivity index (χ3v) is 8.15. The van der Waals surface area contributed by atoms with Crippen molar-refractivity contribution in [3.63, 3.8) is 0 Å². The molecule has 0 bridgehead atoms. The number of benzene rings is 1. The van der Waals surface area contributed by atoms with Crippen LogP contribution in [0.4, 0.5) is 5.00 Å². The zero-order chi connectivity index (χ0) is 25.8. The number of nitrogens with zero attached hydrogens (tertiary/aromatic N) is 3. The highest BCUT2D eigenvalue weighted by atomic mass is 35.5. The van der Waals surface area contributed by atoms with Gasteiger partial charge in [0.2, 0.25) is 5.91 Å². The highest BCUT2D eigenvalue weighted by molar-refractivity contribution is 7.99. The average Bonchev–Trinajstić information content (AvgIpc) is 3.42. The van der Waals surface area contributed by atoms with Crippen molar-refractivity contribution in [2.75, 3.05) is 18.2 Å². The first-order chi connectivity index (χ1) is 17.3. The molecule has 4 rings (SSSR count). The predicted octanol–water partition coefficient (Wildman–Crippen LogP) is 5.86. The lowest BCUT2D eigenvalue weighted by Crippen LogP contribution is -2.19. The monoisotopic (exact) mass is 548 g/mol. The van der Waals surface area contributed by atoms with Gasteiger partial charge in [-0.1, -0.05) is 23.4 Å². The number of esters is 1. The van der Waals surface area contributed by atoms with Crippen LogP contribution in [0, 0.1) is 0 Å². The van der Waals surface area contributed by atoms with Crippen LogP contribution in [-0.2, 0) is 28.9 Å². The Labute approximate surface area is 223 Å². The standard InChI is InChI=1S/C25H29ClN4O4S2/c1-5-30-22(17-12-15(26)10-11-18(17)33-4)28-29-25(30)35-13-20(31)27-23-21(24(32)34-14(2)3)16-8-6-7-9-19(16)36-23/h10-12,14H,5-9,13H2,1-4H3,(H,27,31). The molecule has 0 atom stereocenters. The van der Waals surface area contributed by atoms with E-state index in [1.54, 1.807) is 25.3 Å². The molecule has 2 aromatic heterocycles. The second-order valence-electron chi connectivity index (χ2n) is 8.60. The molecule has 0 spiro atoms. The van der Waals surface area contributed by atoms with Crippen molar-refractivity contribution in [2.24, 2.45) is 0 Å². The molecule has 1 amide bonds. The van der Waals surface area contributed by atoms with Gasteiger partial charge in [-0.25, -0.2) is 4.79 Å². The number of ether oxygens (including phenoxy) is 2. The normalized spacial score (nSPS) is 12.9. The number of thiophene rings is 1. The zero-order valence-electron chi connectivity index (χ0n) is 20.7. The Kier molecular flexibility index (Phi) is 8.58. The van der Waals surface area contributed by atoms with Gasteiger partial charge in [-0.3, -0.25) is 4.79 Å². The molecular weight excluding hydrogens is 520 g/mol. The number of carbonyl (C=O) groups is 2. The number of nitrogens with one attached hydrogen (secondary N) is 1. The van der Waals surface area contributed by atoms with Crippen molar-refractivity contribution >= 4 is 51.6 Å². The Morgan fingerprint density at radius 2 is 2.03 bits per heavy atom. The van der Waals surface area contributed by atoms with Gasteiger partial charge in [0, 0.05) is 16.4 Å². The van der Waals surface area contributed by atoms with Crippen molar-refractivity contribution in [3.8, 4) is 17.1 Å². The van der Waals surface area contributed by atoms with E-state index in [9.17, 15) is 9.59 Å². The highest BCUT2D eigenvalue weighted by Crippen LogP contribution is 2.39. The molecule has 0 unspecified atom stereocenters. The summed E-state index contributed by atoms with van der Waals surface area (Å²) in [5.41, 5.74) is 2.26. The van der Waals surface area contributed by atoms with E-state index >= 15 is 0 Å². The van der Waals surface area contributed by atoms with E-state index in [1.165, 1.54) is 23.1 Å². The Morgan fingerprint density at radius 1 is 1.25 bits per heavy atom. The van der Waals surface area contributed by atoms with Crippen molar-refractivity contribution in [2.45, 2.75) is 64.3 Å². The summed E-state index contributed by atoms with van der Waals surface area (Å²) in [6, 6.07) is 5.33. The third kappa shape index (κ3) is 5.71. The minimum atomic E-state index is -0.377. The summed E-state index contributed by atoms with van der Waals surface area (Å²) in [6.45, 7) is 6.23. The number of rotatable bonds is 9. The van der Waals surface area contributed by atoms with E-state index in [4.69, 9.17) is 21.1 Å². The SMILES string of the molecule is CCn1c(SCC(=O)Nc2sc3c(c2C(=O)OC(C)C)CCCC3)nnc1-c1cc(Cl)ccc1OC. The Morgan fingerprint density at radius 3 is 2.75 bits per heavy atom. The Hall–Kier alpha value is -2.56. The van der Waals surface area contributed by atoms with Crippen molar-refractivity contribution in [1.29, 1.82) is 0 Å². The first-order valence-corrected chi connectivity index (χ1v) is 14.1. The predicted molar refractivity (Wildman–Crippen MR) is 144 cm³/mol. The van der Waals surface area contributed by atoms with Gasteiger partial charge in [0.25, 0.3) is 0 Å². The quantitative estimate of drug-likeness (QED) is 0.264. The molecule has 0 saturated carbocycles. The highest BCUT2D eigenvalue weighted by Gasteiger charge is 2.28. The lowest BCUT2D eigenvalue weighted by Gasteiger charge is -2.14. The van der Waals surface area contributed by atoms with E-state index < -0.39 is 0 Å². The van der Waals surface area contributed by atoms with Crippen molar-refractivity contribution in [1.82, 2.24) is 14.8 Å². The number of hydrogen-bond acceptors (Lipinski definition) is 8. The zero-order valence-corrected chi connectivity index (χ0v) is 23.1. The molecule has 1 N–H and O–H groups in total. The maximum absolute atomic E-state index is 12.9. The molecule has 3 aromatic rings. The molecule has 1 aliphatic carbocycles. The number of aromatic nitrogens is 3. The lowest BCUT2D eigenvalue weighted by atomic mass is 9.95. The summed E-state index contributed by atoms with van der Waals surface area (Å²) in [6.07, 6.45) is 3.63. The summed E-state index contributed by atoms with van der Waals surface area (Å²) >= 11 is 8.97. The molecule has 8 nitrogen and oxygen atoms in total. The smallest absolute Gasteiger partial charge is 0.341 e. The number of aryl methyl sites for hydroxylation is 1. The number of halogens is 1. The van der Waals surface area contributed by atoms with Crippen LogP contribution in [0.15, 0.2) is 23.4 Å². The van der Waals surface area contributed by atoms with E-state index in [2.05, 4.69) is 15.5 Å². The first-order valence-electron chi connectivity index (χ1n) is 11.9. The van der Waals surface area contributed by atoms with Crippen LogP contribution >= 0.6 is 34.7 Å². The largest absolute Gasteiger partial charge is 0.496 e. The van der Waals surface area contributed by atoms with Crippen LogP contribution in [0.2, 0.25) is 5.02 Å². The van der Waals surface area contributed by atoms with Crippen LogP contribution in [0.1, 0.15) is 54.4 Å². The second-order valence-corrected chi connectivity index (χ2v) is 11.1. The molecule has 0 aliphatic heterocycles. The maximum atomic E-state index is 12.9. The van der Waals surface area contributed by atoms with Crippen LogP contribution in [0.5, 0.6) is 5.75 Å². The number of carbonyl (C=O) groups excluding carboxylic acids is 2. The fourth-order valence-electron chi connectivity index (χ4n) is 4.17. The summed E-state index contributed by atoms with van der Waals surface area (Å²) < 4.78 is 12.9. The van der Waals surface area contributed by atoms with Gasteiger partial charge in [0.1, 0.15) is 10.8 Å². The van der Waals surface area contributed by atoms with Gasteiger partial charge >= 0.3 is 5.97 Å². The summed E-state index contributed by atoms with van der Waals surface area (Å²) in [5.74, 6) is 0.775. The van der Waals surface area contributed by atoms with Gasteiger partial charge in [0.15, 0.2) is 11.0 Å². The van der Waals surface area contributed by atoms with E-state index in [0.717, 1.165) is 41.7 Å². The second kappa shape index (κ2) is 11.7. The van der Waals surface area contributed by atoms with E-state index in [1.807, 2.05) is 25.3 Å². The molecule has 0 saturated heterocycles. The molecule has 11 heteroatoms. The van der Waals surface area contributed by atoms with E-state index in [0.29, 0.717) is 38.9 Å². The van der Waals surface area contributed by atoms with E-state index in [-0.39, 0.29) is 23.7 Å². The minimum Gasteiger partial charge on any atom is -0.496 e. The number of amides is 1. The average molecular weight is 549 g/mol.